The van der Waals surface area contributed by atoms with Crippen LogP contribution in [0.15, 0.2) is 66.0 Å². The minimum atomic E-state index is -0.295. The summed E-state index contributed by atoms with van der Waals surface area (Å²) < 4.78 is 0. The molecule has 4 rings (SSSR count). The smallest absolute Gasteiger partial charge is 1.00 e. The van der Waals surface area contributed by atoms with Gasteiger partial charge in [-0.15, -0.1) is 6.42 Å². The van der Waals surface area contributed by atoms with Crippen molar-refractivity contribution in [3.05, 3.63) is 83.2 Å². The van der Waals surface area contributed by atoms with Gasteiger partial charge in [0.1, 0.15) is 0 Å². The van der Waals surface area contributed by atoms with Crippen molar-refractivity contribution in [1.82, 2.24) is 0 Å². The van der Waals surface area contributed by atoms with Crippen LogP contribution in [0.25, 0.3) is 5.31 Å². The van der Waals surface area contributed by atoms with E-state index < -0.39 is 0 Å². The van der Waals surface area contributed by atoms with Gasteiger partial charge in [0.2, 0.25) is 0 Å². The van der Waals surface area contributed by atoms with Crippen molar-refractivity contribution >= 4 is 12.8 Å². The number of aromatic amines is 1. The largest absolute Gasteiger partial charge is 3.00 e. The number of benzene rings is 1. The van der Waals surface area contributed by atoms with E-state index in [0.717, 1.165) is 6.42 Å². The fraction of sp³-hybridized carbons (Fsp3) is 0.118. The van der Waals surface area contributed by atoms with Crippen LogP contribution in [0.3, 0.4) is 0 Å². The minimum Gasteiger partial charge on any atom is -1.00 e. The molecular weight excluding hydrogens is 411 g/mol. The Kier molecular flexibility index (Phi) is 7.56. The summed E-state index contributed by atoms with van der Waals surface area (Å²) in [5.41, 5.74) is 4.18. The Morgan fingerprint density at radius 3 is 2.68 bits per heavy atom. The molecule has 1 nitrogen and oxygen atoms in total. The molecule has 22 heavy (non-hydrogen) atoms. The molecule has 0 saturated carbocycles. The zero-order valence-corrected chi connectivity index (χ0v) is 16.6. The van der Waals surface area contributed by atoms with Crippen molar-refractivity contribution in [2.45, 2.75) is 12.3 Å². The Labute approximate surface area is 163 Å². The van der Waals surface area contributed by atoms with Crippen molar-refractivity contribution in [3.63, 3.8) is 0 Å². The Bertz CT molecular complexity index is 720. The first-order valence-electron chi connectivity index (χ1n) is 6.56. The number of nitrogens with one attached hydrogen (secondary N) is 1. The van der Waals surface area contributed by atoms with E-state index in [1.54, 1.807) is 0 Å². The second kappa shape index (κ2) is 8.46. The van der Waals surface area contributed by atoms with Crippen molar-refractivity contribution < 1.29 is 56.0 Å². The number of rotatable bonds is 2. The molecule has 2 aromatic rings. The van der Waals surface area contributed by atoms with Crippen LogP contribution in [0.2, 0.25) is 0 Å². The molecule has 0 fully saturated rings. The molecule has 0 spiro atoms. The van der Waals surface area contributed by atoms with Crippen molar-refractivity contribution in [2.24, 2.45) is 0 Å². The number of halogens is 2. The first-order valence-corrected chi connectivity index (χ1v) is 8.04. The van der Waals surface area contributed by atoms with E-state index in [1.165, 1.54) is 22.0 Å². The third kappa shape index (κ3) is 3.41. The van der Waals surface area contributed by atoms with E-state index in [9.17, 15) is 0 Å². The second-order valence-electron chi connectivity index (χ2n) is 4.87. The number of H-pyrrole nitrogens is 1. The topological polar surface area (TPSA) is 14.1 Å². The van der Waals surface area contributed by atoms with Gasteiger partial charge in [0.15, 0.2) is 12.1 Å². The first kappa shape index (κ1) is 19.7. The van der Waals surface area contributed by atoms with Crippen molar-refractivity contribution in [3.8, 4) is 0 Å². The summed E-state index contributed by atoms with van der Waals surface area (Å²) in [6.07, 6.45) is 13.3. The number of aromatic nitrogens is 1. The first-order chi connectivity index (χ1) is 9.43. The number of fused-ring (bicyclic) bond motifs is 1. The molecule has 1 aromatic heterocycles. The van der Waals surface area contributed by atoms with Gasteiger partial charge in [-0.2, -0.15) is 6.08 Å². The summed E-state index contributed by atoms with van der Waals surface area (Å²) in [7, 11) is -0.295. The van der Waals surface area contributed by atoms with Crippen LogP contribution >= 0.6 is 7.53 Å². The van der Waals surface area contributed by atoms with E-state index in [1.807, 2.05) is 6.20 Å². The average molecular weight is 425 g/mol. The van der Waals surface area contributed by atoms with Crippen molar-refractivity contribution in [2.75, 3.05) is 0 Å². The monoisotopic (exact) mass is 423 g/mol. The van der Waals surface area contributed by atoms with Gasteiger partial charge in [-0.1, -0.05) is 30.3 Å². The van der Waals surface area contributed by atoms with Crippen molar-refractivity contribution in [1.29, 1.82) is 0 Å². The zero-order chi connectivity index (χ0) is 12.7. The van der Waals surface area contributed by atoms with Crippen LogP contribution in [-0.4, -0.2) is 0 Å². The second-order valence-corrected chi connectivity index (χ2v) is 6.73. The SMILES string of the molecule is [C-]1=C(C2C=C(p3cc[nH+]c3)c3ccccc32)C=CC1.[Cl-].[Cl-].[Zr+3]. The summed E-state index contributed by atoms with van der Waals surface area (Å²) >= 11 is 0. The normalized spacial score (nSPS) is 18.4. The number of hydrogen-bond donors (Lipinski definition) is 0. The van der Waals surface area contributed by atoms with Gasteiger partial charge in [0.05, 0.1) is 0 Å². The molecule has 1 N–H and O–H groups in total. The predicted octanol–water partition coefficient (Wildman–Crippen LogP) is -1.83. The average Bonchev–Trinajstić information content (AvgIpc) is 3.18. The summed E-state index contributed by atoms with van der Waals surface area (Å²) in [6.45, 7) is 0. The molecule has 109 valence electrons. The molecule has 0 amide bonds. The van der Waals surface area contributed by atoms with Gasteiger partial charge < -0.3 is 24.8 Å². The van der Waals surface area contributed by atoms with E-state index in [-0.39, 0.29) is 58.6 Å². The minimum absolute atomic E-state index is 0. The summed E-state index contributed by atoms with van der Waals surface area (Å²) in [5.74, 6) is 4.89. The third-order valence-electron chi connectivity index (χ3n) is 3.78. The molecule has 2 aliphatic carbocycles. The van der Waals surface area contributed by atoms with Gasteiger partial charge in [0.25, 0.3) is 0 Å². The van der Waals surface area contributed by atoms with E-state index in [0.29, 0.717) is 5.92 Å². The quantitative estimate of drug-likeness (QED) is 0.503. The Morgan fingerprint density at radius 1 is 1.18 bits per heavy atom. The molecule has 1 radical (unpaired) electrons. The predicted molar refractivity (Wildman–Crippen MR) is 78.8 cm³/mol. The van der Waals surface area contributed by atoms with E-state index >= 15 is 0 Å². The Hall–Kier alpha value is -0.387. The van der Waals surface area contributed by atoms with E-state index in [4.69, 9.17) is 0 Å². The molecule has 2 unspecified atom stereocenters. The van der Waals surface area contributed by atoms with Crippen LogP contribution in [-0.2, 0) is 26.2 Å². The van der Waals surface area contributed by atoms with E-state index in [2.05, 4.69) is 65.3 Å². The molecule has 1 aromatic carbocycles. The summed E-state index contributed by atoms with van der Waals surface area (Å²) in [4.78, 5) is 3.21. The molecular formula is C17H14Cl2NPZr+. The van der Waals surface area contributed by atoms with Crippen LogP contribution in [0.5, 0.6) is 0 Å². The van der Waals surface area contributed by atoms with Gasteiger partial charge in [-0.25, -0.2) is 16.6 Å². The maximum atomic E-state index is 3.47. The summed E-state index contributed by atoms with van der Waals surface area (Å²) in [6, 6.07) is 8.79. The van der Waals surface area contributed by atoms with Crippen LogP contribution in [0.1, 0.15) is 23.5 Å². The van der Waals surface area contributed by atoms with Gasteiger partial charge in [-0.05, 0) is 24.6 Å². The van der Waals surface area contributed by atoms with Gasteiger partial charge >= 0.3 is 26.2 Å². The molecule has 0 saturated heterocycles. The van der Waals surface area contributed by atoms with Crippen LogP contribution in [0, 0.1) is 6.08 Å². The Balaban J connectivity index is 0.000000807. The fourth-order valence-electron chi connectivity index (χ4n) is 2.90. The van der Waals surface area contributed by atoms with Crippen LogP contribution in [0.4, 0.5) is 0 Å². The zero-order valence-electron chi connectivity index (χ0n) is 11.8. The van der Waals surface area contributed by atoms with Gasteiger partial charge in [-0.3, -0.25) is 6.08 Å². The molecule has 2 aliphatic rings. The fourth-order valence-corrected chi connectivity index (χ4v) is 4.58. The van der Waals surface area contributed by atoms with Gasteiger partial charge in [0, 0.05) is 11.1 Å². The molecule has 0 bridgehead atoms. The molecule has 2 atom stereocenters. The summed E-state index contributed by atoms with van der Waals surface area (Å²) in [5, 5.41) is 1.48. The number of allylic oxidation sites excluding steroid dienone is 5. The maximum Gasteiger partial charge on any atom is 3.00 e. The molecule has 1 heterocycles. The number of hydrogen-bond acceptors (Lipinski definition) is 0. The Morgan fingerprint density at radius 2 is 2.00 bits per heavy atom. The third-order valence-corrected chi connectivity index (χ3v) is 5.62. The maximum absolute atomic E-state index is 3.47. The standard InChI is InChI=1S/C17H13NP.2ClH.Zr/c1-2-6-13(5-1)16-11-17(19-10-9-18-12-19)15-8-4-3-7-14(15)16;;;/h1,3-5,7-12,16H,2H2;2*1H;/q-1;;;+3/p-1. The van der Waals surface area contributed by atoms with Crippen LogP contribution < -0.4 is 29.8 Å². The molecule has 5 heteroatoms. The molecule has 0 aliphatic heterocycles.